The van der Waals surface area contributed by atoms with Crippen molar-refractivity contribution in [1.29, 1.82) is 0 Å². The predicted octanol–water partition coefficient (Wildman–Crippen LogP) is 3.33. The van der Waals surface area contributed by atoms with E-state index in [4.69, 9.17) is 11.6 Å². The van der Waals surface area contributed by atoms with E-state index >= 15 is 0 Å². The normalized spacial score (nSPS) is 17.6. The molecule has 1 aromatic carbocycles. The minimum absolute atomic E-state index is 0.00657. The van der Waals surface area contributed by atoms with E-state index < -0.39 is 6.04 Å². The van der Waals surface area contributed by atoms with Crippen LogP contribution in [-0.4, -0.2) is 17.7 Å². The van der Waals surface area contributed by atoms with Gasteiger partial charge in [0.2, 0.25) is 0 Å². The summed E-state index contributed by atoms with van der Waals surface area (Å²) >= 11 is 7.59. The fourth-order valence-electron chi connectivity index (χ4n) is 2.37. The summed E-state index contributed by atoms with van der Waals surface area (Å²) in [5.41, 5.74) is 1.14. The lowest BCUT2D eigenvalue weighted by atomic mass is 9.93. The molecule has 3 nitrogen and oxygen atoms in total. The van der Waals surface area contributed by atoms with Crippen LogP contribution in [0.4, 0.5) is 0 Å². The third-order valence-electron chi connectivity index (χ3n) is 3.41. The van der Waals surface area contributed by atoms with Crippen LogP contribution in [0.3, 0.4) is 0 Å². The van der Waals surface area contributed by atoms with Gasteiger partial charge in [-0.2, -0.15) is 0 Å². The molecule has 1 heterocycles. The quantitative estimate of drug-likeness (QED) is 0.925. The first kappa shape index (κ1) is 13.3. The summed E-state index contributed by atoms with van der Waals surface area (Å²) in [6.07, 6.45) is 1.47. The van der Waals surface area contributed by atoms with E-state index in [1.807, 2.05) is 11.4 Å². The number of thiophene rings is 1. The number of rotatable bonds is 2. The van der Waals surface area contributed by atoms with Crippen molar-refractivity contribution in [2.75, 3.05) is 0 Å². The van der Waals surface area contributed by atoms with Crippen LogP contribution in [0.25, 0.3) is 0 Å². The second kappa shape index (κ2) is 5.38. The molecule has 0 spiro atoms. The van der Waals surface area contributed by atoms with Crippen molar-refractivity contribution in [3.63, 3.8) is 0 Å². The Hall–Kier alpha value is -1.65. The SMILES string of the molecule is O=C(NC1CCc2sccc2C1=O)c1ccccc1Cl. The van der Waals surface area contributed by atoms with Gasteiger partial charge in [-0.1, -0.05) is 23.7 Å². The summed E-state index contributed by atoms with van der Waals surface area (Å²) in [5.74, 6) is -0.305. The zero-order valence-electron chi connectivity index (χ0n) is 10.6. The van der Waals surface area contributed by atoms with Crippen molar-refractivity contribution >= 4 is 34.6 Å². The first-order chi connectivity index (χ1) is 9.66. The Labute approximate surface area is 125 Å². The number of nitrogens with one attached hydrogen (secondary N) is 1. The molecule has 1 aromatic heterocycles. The molecule has 3 rings (SSSR count). The molecule has 1 aliphatic rings. The maximum absolute atomic E-state index is 12.3. The Bertz CT molecular complexity index is 680. The van der Waals surface area contributed by atoms with E-state index in [0.717, 1.165) is 16.9 Å². The predicted molar refractivity (Wildman–Crippen MR) is 79.7 cm³/mol. The molecule has 2 aromatic rings. The first-order valence-electron chi connectivity index (χ1n) is 6.33. The largest absolute Gasteiger partial charge is 0.342 e. The fraction of sp³-hybridized carbons (Fsp3) is 0.200. The lowest BCUT2D eigenvalue weighted by Gasteiger charge is -2.22. The van der Waals surface area contributed by atoms with E-state index in [1.165, 1.54) is 0 Å². The number of hydrogen-bond donors (Lipinski definition) is 1. The number of carbonyl (C=O) groups excluding carboxylic acids is 2. The number of carbonyl (C=O) groups is 2. The van der Waals surface area contributed by atoms with Crippen molar-refractivity contribution in [3.8, 4) is 0 Å². The number of hydrogen-bond acceptors (Lipinski definition) is 3. The van der Waals surface area contributed by atoms with Crippen molar-refractivity contribution in [1.82, 2.24) is 5.32 Å². The number of fused-ring (bicyclic) bond motifs is 1. The van der Waals surface area contributed by atoms with E-state index in [0.29, 0.717) is 17.0 Å². The number of aryl methyl sites for hydroxylation is 1. The highest BCUT2D eigenvalue weighted by Crippen LogP contribution is 2.26. The number of halogens is 1. The maximum Gasteiger partial charge on any atom is 0.253 e. The maximum atomic E-state index is 12.3. The molecule has 1 aliphatic carbocycles. The van der Waals surface area contributed by atoms with Crippen LogP contribution in [0.15, 0.2) is 35.7 Å². The van der Waals surface area contributed by atoms with Crippen LogP contribution in [-0.2, 0) is 6.42 Å². The van der Waals surface area contributed by atoms with Gasteiger partial charge >= 0.3 is 0 Å². The second-order valence-corrected chi connectivity index (χ2v) is 6.07. The molecule has 0 saturated carbocycles. The molecule has 0 radical (unpaired) electrons. The Kier molecular flexibility index (Phi) is 3.59. The molecule has 20 heavy (non-hydrogen) atoms. The highest BCUT2D eigenvalue weighted by atomic mass is 35.5. The third kappa shape index (κ3) is 2.37. The Morgan fingerprint density at radius 2 is 2.10 bits per heavy atom. The lowest BCUT2D eigenvalue weighted by molar-refractivity contribution is 0.0846. The van der Waals surface area contributed by atoms with Gasteiger partial charge in [0.1, 0.15) is 0 Å². The van der Waals surface area contributed by atoms with Crippen molar-refractivity contribution in [2.24, 2.45) is 0 Å². The van der Waals surface area contributed by atoms with Gasteiger partial charge in [0.05, 0.1) is 16.6 Å². The molecule has 1 amide bonds. The van der Waals surface area contributed by atoms with Gasteiger partial charge in [0, 0.05) is 10.4 Å². The fourth-order valence-corrected chi connectivity index (χ4v) is 3.49. The zero-order chi connectivity index (χ0) is 14.1. The molecule has 5 heteroatoms. The van der Waals surface area contributed by atoms with Gasteiger partial charge < -0.3 is 5.32 Å². The standard InChI is InChI=1S/C15H12ClNO2S/c16-11-4-2-1-3-9(11)15(19)17-12-5-6-13-10(14(12)18)7-8-20-13/h1-4,7-8,12H,5-6H2,(H,17,19). The highest BCUT2D eigenvalue weighted by molar-refractivity contribution is 7.10. The van der Waals surface area contributed by atoms with E-state index in [9.17, 15) is 9.59 Å². The van der Waals surface area contributed by atoms with Gasteiger partial charge in [0.15, 0.2) is 5.78 Å². The van der Waals surface area contributed by atoms with Crippen molar-refractivity contribution in [3.05, 3.63) is 56.7 Å². The van der Waals surface area contributed by atoms with Crippen LogP contribution in [0.2, 0.25) is 5.02 Å². The van der Waals surface area contributed by atoms with Gasteiger partial charge in [-0.15, -0.1) is 11.3 Å². The average Bonchev–Trinajstić information content (AvgIpc) is 2.91. The van der Waals surface area contributed by atoms with E-state index in [1.54, 1.807) is 35.6 Å². The van der Waals surface area contributed by atoms with E-state index in [2.05, 4.69) is 5.32 Å². The van der Waals surface area contributed by atoms with Crippen LogP contribution >= 0.6 is 22.9 Å². The Morgan fingerprint density at radius 1 is 1.30 bits per heavy atom. The van der Waals surface area contributed by atoms with Crippen LogP contribution in [0, 0.1) is 0 Å². The van der Waals surface area contributed by atoms with E-state index in [-0.39, 0.29) is 11.7 Å². The minimum Gasteiger partial charge on any atom is -0.342 e. The summed E-state index contributed by atoms with van der Waals surface area (Å²) in [7, 11) is 0. The monoisotopic (exact) mass is 305 g/mol. The molecule has 102 valence electrons. The van der Waals surface area contributed by atoms with Crippen LogP contribution in [0.5, 0.6) is 0 Å². The number of Topliss-reactive ketones (excluding diaryl/α,β-unsaturated/α-hetero) is 1. The molecule has 0 aliphatic heterocycles. The van der Waals surface area contributed by atoms with Crippen molar-refractivity contribution in [2.45, 2.75) is 18.9 Å². The lowest BCUT2D eigenvalue weighted by Crippen LogP contribution is -2.43. The molecule has 0 bridgehead atoms. The van der Waals surface area contributed by atoms with Gasteiger partial charge in [-0.05, 0) is 36.4 Å². The molecule has 1 atom stereocenters. The second-order valence-electron chi connectivity index (χ2n) is 4.67. The average molecular weight is 306 g/mol. The minimum atomic E-state index is -0.458. The molecule has 1 unspecified atom stereocenters. The highest BCUT2D eigenvalue weighted by Gasteiger charge is 2.29. The Balaban J connectivity index is 1.78. The first-order valence-corrected chi connectivity index (χ1v) is 7.58. The molecular formula is C15H12ClNO2S. The topological polar surface area (TPSA) is 46.2 Å². The summed E-state index contributed by atoms with van der Waals surface area (Å²) in [4.78, 5) is 25.6. The number of amides is 1. The number of ketones is 1. The Morgan fingerprint density at radius 3 is 2.90 bits per heavy atom. The summed E-state index contributed by atoms with van der Waals surface area (Å²) in [6.45, 7) is 0. The smallest absolute Gasteiger partial charge is 0.253 e. The summed E-state index contributed by atoms with van der Waals surface area (Å²) in [6, 6.07) is 8.21. The number of benzene rings is 1. The van der Waals surface area contributed by atoms with Gasteiger partial charge in [0.25, 0.3) is 5.91 Å². The summed E-state index contributed by atoms with van der Waals surface area (Å²) < 4.78 is 0. The molecule has 0 fully saturated rings. The molecular weight excluding hydrogens is 294 g/mol. The van der Waals surface area contributed by atoms with Crippen LogP contribution < -0.4 is 5.32 Å². The van der Waals surface area contributed by atoms with Gasteiger partial charge in [-0.25, -0.2) is 0 Å². The third-order valence-corrected chi connectivity index (χ3v) is 4.72. The van der Waals surface area contributed by atoms with Gasteiger partial charge in [-0.3, -0.25) is 9.59 Å². The van der Waals surface area contributed by atoms with Crippen LogP contribution in [0.1, 0.15) is 32.0 Å². The summed E-state index contributed by atoms with van der Waals surface area (Å²) in [5, 5.41) is 5.10. The van der Waals surface area contributed by atoms with Crippen molar-refractivity contribution < 1.29 is 9.59 Å². The molecule has 0 saturated heterocycles. The zero-order valence-corrected chi connectivity index (χ0v) is 12.1. The molecule has 1 N–H and O–H groups in total.